The molecule has 0 aliphatic heterocycles. The summed E-state index contributed by atoms with van der Waals surface area (Å²) >= 11 is 0. The summed E-state index contributed by atoms with van der Waals surface area (Å²) in [6.45, 7) is 4.13. The molecule has 158 valence electrons. The van der Waals surface area contributed by atoms with Crippen LogP contribution in [0.4, 0.5) is 5.82 Å². The lowest BCUT2D eigenvalue weighted by Crippen LogP contribution is -2.31. The average Bonchev–Trinajstić information content (AvgIpc) is 2.73. The van der Waals surface area contributed by atoms with Crippen molar-refractivity contribution in [1.82, 2.24) is 19.4 Å². The lowest BCUT2D eigenvalue weighted by atomic mass is 10.2. The smallest absolute Gasteiger partial charge is 0.257 e. The van der Waals surface area contributed by atoms with Crippen molar-refractivity contribution in [3.8, 4) is 0 Å². The van der Waals surface area contributed by atoms with E-state index in [2.05, 4.69) is 20.6 Å². The molecule has 0 spiro atoms. The van der Waals surface area contributed by atoms with Crippen molar-refractivity contribution in [3.63, 3.8) is 0 Å². The Morgan fingerprint density at radius 2 is 1.55 bits per heavy atom. The minimum Gasteiger partial charge on any atom is -0.355 e. The number of hydrazine groups is 1. The van der Waals surface area contributed by atoms with Crippen LogP contribution in [0, 0.1) is 0 Å². The molecule has 0 atom stereocenters. The van der Waals surface area contributed by atoms with Crippen LogP contribution in [0.3, 0.4) is 0 Å². The number of nitrogens with one attached hydrogen (secondary N) is 3. The van der Waals surface area contributed by atoms with Crippen LogP contribution >= 0.6 is 0 Å². The summed E-state index contributed by atoms with van der Waals surface area (Å²) in [5.41, 5.74) is 2.76. The Bertz CT molecular complexity index is 1050. The summed E-state index contributed by atoms with van der Waals surface area (Å²) in [6.07, 6.45) is 1.16. The molecule has 1 heterocycles. The fourth-order valence-electron chi connectivity index (χ4n) is 2.43. The molecule has 0 saturated carbocycles. The van der Waals surface area contributed by atoms with Crippen LogP contribution in [-0.4, -0.2) is 52.2 Å². The molecular formula is C17H23N5O5S2. The molecule has 1 amide bonds. The molecule has 0 fully saturated rings. The number of anilines is 1. The third-order valence-electron chi connectivity index (χ3n) is 4.05. The Morgan fingerprint density at radius 1 is 0.966 bits per heavy atom. The standard InChI is InChI=1S/C17H23N5O5S2/c1-4-22(5-2)29(26,27)15-10-11-16(19-12-15)20-21-28(24,25)14-8-6-13(7-9-14)17(23)18-3/h6-12,21H,4-5H2,1-3H3,(H,18,23)(H,19,20). The molecule has 1 aromatic heterocycles. The summed E-state index contributed by atoms with van der Waals surface area (Å²) in [4.78, 5) is 17.6. The highest BCUT2D eigenvalue weighted by Gasteiger charge is 2.22. The number of carbonyl (C=O) groups is 1. The first kappa shape index (κ1) is 22.7. The van der Waals surface area contributed by atoms with E-state index in [9.17, 15) is 21.6 Å². The van der Waals surface area contributed by atoms with Crippen LogP contribution in [-0.2, 0) is 20.0 Å². The maximum Gasteiger partial charge on any atom is 0.257 e. The van der Waals surface area contributed by atoms with E-state index < -0.39 is 20.0 Å². The molecule has 29 heavy (non-hydrogen) atoms. The van der Waals surface area contributed by atoms with E-state index in [1.807, 2.05) is 0 Å². The first-order valence-electron chi connectivity index (χ1n) is 8.71. The van der Waals surface area contributed by atoms with E-state index in [0.717, 1.165) is 6.20 Å². The third kappa shape index (κ3) is 5.29. The maximum atomic E-state index is 12.4. The van der Waals surface area contributed by atoms with Gasteiger partial charge < -0.3 is 5.32 Å². The predicted molar refractivity (Wildman–Crippen MR) is 108 cm³/mol. The molecule has 0 radical (unpaired) electrons. The van der Waals surface area contributed by atoms with Gasteiger partial charge >= 0.3 is 0 Å². The maximum absolute atomic E-state index is 12.4. The molecule has 0 bridgehead atoms. The number of hydrogen-bond donors (Lipinski definition) is 3. The van der Waals surface area contributed by atoms with Gasteiger partial charge in [0.05, 0.1) is 4.90 Å². The fraction of sp³-hybridized carbons (Fsp3) is 0.294. The number of sulfonamides is 2. The predicted octanol–water partition coefficient (Wildman–Crippen LogP) is 0.777. The van der Waals surface area contributed by atoms with E-state index in [0.29, 0.717) is 18.7 Å². The SMILES string of the molecule is CCN(CC)S(=O)(=O)c1ccc(NNS(=O)(=O)c2ccc(C(=O)NC)cc2)nc1. The topological polar surface area (TPSA) is 138 Å². The number of pyridine rings is 1. The van der Waals surface area contributed by atoms with Crippen molar-refractivity contribution >= 4 is 31.8 Å². The Labute approximate surface area is 170 Å². The number of carbonyl (C=O) groups excluding carboxylic acids is 1. The molecule has 2 aromatic rings. The minimum absolute atomic E-state index is 0.0133. The summed E-state index contributed by atoms with van der Waals surface area (Å²) < 4.78 is 50.8. The molecule has 0 unspecified atom stereocenters. The van der Waals surface area contributed by atoms with Crippen LogP contribution in [0.2, 0.25) is 0 Å². The van der Waals surface area contributed by atoms with Crippen LogP contribution in [0.1, 0.15) is 24.2 Å². The van der Waals surface area contributed by atoms with Crippen molar-refractivity contribution in [2.24, 2.45) is 0 Å². The minimum atomic E-state index is -3.93. The van der Waals surface area contributed by atoms with E-state index in [4.69, 9.17) is 0 Å². The van der Waals surface area contributed by atoms with Gasteiger partial charge in [-0.15, -0.1) is 4.83 Å². The molecule has 0 aliphatic rings. The highest BCUT2D eigenvalue weighted by atomic mass is 32.2. The van der Waals surface area contributed by atoms with Crippen LogP contribution in [0.15, 0.2) is 52.4 Å². The highest BCUT2D eigenvalue weighted by Crippen LogP contribution is 2.16. The van der Waals surface area contributed by atoms with Gasteiger partial charge in [-0.1, -0.05) is 13.8 Å². The van der Waals surface area contributed by atoms with Crippen molar-refractivity contribution in [2.45, 2.75) is 23.6 Å². The molecule has 0 aliphatic carbocycles. The van der Waals surface area contributed by atoms with Gasteiger partial charge in [0.2, 0.25) is 10.0 Å². The zero-order valence-corrected chi connectivity index (χ0v) is 17.8. The monoisotopic (exact) mass is 441 g/mol. The second-order valence-corrected chi connectivity index (χ2v) is 9.42. The summed E-state index contributed by atoms with van der Waals surface area (Å²) in [5, 5.41) is 2.45. The molecule has 1 aromatic carbocycles. The summed E-state index contributed by atoms with van der Waals surface area (Å²) in [6, 6.07) is 8.06. The van der Waals surface area contributed by atoms with Crippen molar-refractivity contribution in [2.75, 3.05) is 25.6 Å². The van der Waals surface area contributed by atoms with Gasteiger partial charge in [0.15, 0.2) is 0 Å². The molecule has 10 nitrogen and oxygen atoms in total. The first-order chi connectivity index (χ1) is 13.7. The Morgan fingerprint density at radius 3 is 2.03 bits per heavy atom. The van der Waals surface area contributed by atoms with E-state index in [1.165, 1.54) is 47.8 Å². The van der Waals surface area contributed by atoms with Crippen molar-refractivity contribution in [3.05, 3.63) is 48.2 Å². The molecule has 3 N–H and O–H groups in total. The van der Waals surface area contributed by atoms with Crippen LogP contribution in [0.25, 0.3) is 0 Å². The summed E-state index contributed by atoms with van der Waals surface area (Å²) in [7, 11) is -6.10. The van der Waals surface area contributed by atoms with Crippen LogP contribution in [0.5, 0.6) is 0 Å². The molecule has 12 heteroatoms. The van der Waals surface area contributed by atoms with Gasteiger partial charge in [0, 0.05) is 31.9 Å². The van der Waals surface area contributed by atoms with Gasteiger partial charge in [0.25, 0.3) is 15.9 Å². The highest BCUT2D eigenvalue weighted by molar-refractivity contribution is 7.89. The second kappa shape index (κ2) is 9.31. The largest absolute Gasteiger partial charge is 0.355 e. The quantitative estimate of drug-likeness (QED) is 0.489. The zero-order chi connectivity index (χ0) is 21.7. The van der Waals surface area contributed by atoms with E-state index in [1.54, 1.807) is 13.8 Å². The second-order valence-electron chi connectivity index (χ2n) is 5.80. The average molecular weight is 442 g/mol. The van der Waals surface area contributed by atoms with Crippen molar-refractivity contribution < 1.29 is 21.6 Å². The van der Waals surface area contributed by atoms with Gasteiger partial charge in [-0.2, -0.15) is 4.31 Å². The Hall–Kier alpha value is -2.54. The van der Waals surface area contributed by atoms with Gasteiger partial charge in [-0.25, -0.2) is 21.8 Å². The van der Waals surface area contributed by atoms with Crippen LogP contribution < -0.4 is 15.6 Å². The number of amides is 1. The van der Waals surface area contributed by atoms with E-state index >= 15 is 0 Å². The van der Waals surface area contributed by atoms with Gasteiger partial charge in [0.1, 0.15) is 10.7 Å². The number of benzene rings is 1. The van der Waals surface area contributed by atoms with Gasteiger partial charge in [-0.05, 0) is 36.4 Å². The molecule has 0 saturated heterocycles. The third-order valence-corrected chi connectivity index (χ3v) is 7.34. The molecule has 2 rings (SSSR count). The van der Waals surface area contributed by atoms with E-state index in [-0.39, 0.29) is 21.5 Å². The Kier molecular flexibility index (Phi) is 7.30. The fourth-order valence-corrected chi connectivity index (χ4v) is 4.68. The van der Waals surface area contributed by atoms with Crippen molar-refractivity contribution in [1.29, 1.82) is 0 Å². The van der Waals surface area contributed by atoms with Gasteiger partial charge in [-0.3, -0.25) is 10.2 Å². The number of nitrogens with zero attached hydrogens (tertiary/aromatic N) is 2. The lowest BCUT2D eigenvalue weighted by Gasteiger charge is -2.18. The normalized spacial score (nSPS) is 12.0. The number of aromatic nitrogens is 1. The summed E-state index contributed by atoms with van der Waals surface area (Å²) in [5.74, 6) is -0.210. The lowest BCUT2D eigenvalue weighted by molar-refractivity contribution is 0.0963. The zero-order valence-electron chi connectivity index (χ0n) is 16.2. The Balaban J connectivity index is 2.10. The number of hydrogen-bond acceptors (Lipinski definition) is 7. The molecular weight excluding hydrogens is 418 g/mol. The number of rotatable bonds is 9. The first-order valence-corrected chi connectivity index (χ1v) is 11.6.